The van der Waals surface area contributed by atoms with Crippen molar-refractivity contribution in [1.29, 1.82) is 0 Å². The zero-order chi connectivity index (χ0) is 29.9. The number of methoxy groups -OCH3 is 2. The quantitative estimate of drug-likeness (QED) is 0.464. The van der Waals surface area contributed by atoms with Gasteiger partial charge in [0.1, 0.15) is 0 Å². The highest BCUT2D eigenvalue weighted by Crippen LogP contribution is 2.41. The van der Waals surface area contributed by atoms with Gasteiger partial charge < -0.3 is 24.4 Å². The van der Waals surface area contributed by atoms with Crippen LogP contribution in [0.15, 0.2) is 60.7 Å². The molecule has 5 rings (SSSR count). The van der Waals surface area contributed by atoms with Crippen LogP contribution in [-0.2, 0) is 0 Å². The largest absolute Gasteiger partial charge is 0.494 e. The molecule has 42 heavy (non-hydrogen) atoms. The molecule has 2 aliphatic rings. The third kappa shape index (κ3) is 5.68. The van der Waals surface area contributed by atoms with Crippen molar-refractivity contribution in [3.8, 4) is 23.3 Å². The maximum absolute atomic E-state index is 15.0. The molecule has 0 radical (unpaired) electrons. The molecule has 2 aliphatic heterocycles. The molecule has 0 aliphatic carbocycles. The summed E-state index contributed by atoms with van der Waals surface area (Å²) in [5.74, 6) is 2.35. The minimum absolute atomic E-state index is 0.113. The number of halogens is 2. The highest BCUT2D eigenvalue weighted by atomic mass is 19.1. The Morgan fingerprint density at radius 1 is 0.857 bits per heavy atom. The average molecular weight is 575 g/mol. The van der Waals surface area contributed by atoms with Gasteiger partial charge in [-0.1, -0.05) is 30.0 Å². The summed E-state index contributed by atoms with van der Waals surface area (Å²) in [5, 5.41) is 11.0. The Morgan fingerprint density at radius 2 is 1.50 bits per heavy atom. The number of carbonyl (C=O) groups is 2. The number of rotatable bonds is 4. The third-order valence-electron chi connectivity index (χ3n) is 8.26. The van der Waals surface area contributed by atoms with E-state index in [1.807, 2.05) is 42.5 Å². The van der Waals surface area contributed by atoms with Crippen LogP contribution in [0.2, 0.25) is 0 Å². The summed E-state index contributed by atoms with van der Waals surface area (Å²) in [5.41, 5.74) is 1.25. The van der Waals surface area contributed by atoms with Crippen molar-refractivity contribution < 1.29 is 33.0 Å². The predicted molar refractivity (Wildman–Crippen MR) is 152 cm³/mol. The number of hydrogen-bond donors (Lipinski definition) is 1. The van der Waals surface area contributed by atoms with E-state index in [9.17, 15) is 19.1 Å². The molecule has 3 aromatic rings. The van der Waals surface area contributed by atoms with Crippen LogP contribution in [0.5, 0.6) is 11.5 Å². The van der Waals surface area contributed by atoms with E-state index in [0.717, 1.165) is 24.3 Å². The minimum Gasteiger partial charge on any atom is -0.494 e. The highest BCUT2D eigenvalue weighted by molar-refractivity contribution is 5.96. The zero-order valence-electron chi connectivity index (χ0n) is 23.5. The summed E-state index contributed by atoms with van der Waals surface area (Å²) >= 11 is 0. The molecule has 2 fully saturated rings. The van der Waals surface area contributed by atoms with Crippen LogP contribution < -0.4 is 9.47 Å². The molecule has 0 aromatic heterocycles. The minimum atomic E-state index is -1.10. The molecule has 0 saturated carbocycles. The molecule has 1 atom stereocenters. The summed E-state index contributed by atoms with van der Waals surface area (Å²) in [7, 11) is 2.34. The second-order valence-corrected chi connectivity index (χ2v) is 10.7. The predicted octanol–water partition coefficient (Wildman–Crippen LogP) is 4.51. The molecule has 218 valence electrons. The van der Waals surface area contributed by atoms with Crippen molar-refractivity contribution in [2.24, 2.45) is 5.41 Å². The van der Waals surface area contributed by atoms with Crippen molar-refractivity contribution >= 4 is 11.8 Å². The molecule has 0 bridgehead atoms. The van der Waals surface area contributed by atoms with E-state index < -0.39 is 34.8 Å². The molecule has 2 saturated heterocycles. The first-order valence-electron chi connectivity index (χ1n) is 13.8. The lowest BCUT2D eigenvalue weighted by Gasteiger charge is -2.50. The molecule has 3 aromatic carbocycles. The van der Waals surface area contributed by atoms with Crippen molar-refractivity contribution in [3.63, 3.8) is 0 Å². The molecule has 9 heteroatoms. The van der Waals surface area contributed by atoms with Gasteiger partial charge in [-0.15, -0.1) is 0 Å². The Bertz CT molecular complexity index is 1520. The molecule has 1 N–H and O–H groups in total. The summed E-state index contributed by atoms with van der Waals surface area (Å²) in [6.45, 7) is 1.21. The maximum Gasteiger partial charge on any atom is 0.257 e. The smallest absolute Gasteiger partial charge is 0.257 e. The number of aliphatic hydroxyl groups is 1. The molecule has 1 unspecified atom stereocenters. The zero-order valence-corrected chi connectivity index (χ0v) is 23.5. The van der Waals surface area contributed by atoms with Gasteiger partial charge in [-0.2, -0.15) is 4.39 Å². The summed E-state index contributed by atoms with van der Waals surface area (Å²) < 4.78 is 39.3. The van der Waals surface area contributed by atoms with Crippen LogP contribution in [0, 0.1) is 28.9 Å². The van der Waals surface area contributed by atoms with Crippen LogP contribution in [0.1, 0.15) is 51.1 Å². The van der Waals surface area contributed by atoms with Crippen LogP contribution in [-0.4, -0.2) is 73.2 Å². The standard InChI is InChI=1S/C33H32F2N2O5/c1-41-26-20-25(28(34)30(42-2)29(26)35)32(40)37-17-14-27(38)33(21-37)15-18-36(19-16-33)31(39)24-12-10-23(11-13-24)9-8-22-6-4-3-5-7-22/h3-7,10-13,20,27,38H,14-19,21H2,1-2H3. The number of benzene rings is 3. The Balaban J connectivity index is 1.25. The fraction of sp³-hybridized carbons (Fsp3) is 0.333. The molecule has 2 heterocycles. The van der Waals surface area contributed by atoms with Crippen LogP contribution in [0.3, 0.4) is 0 Å². The van der Waals surface area contributed by atoms with E-state index in [-0.39, 0.29) is 30.3 Å². The lowest BCUT2D eigenvalue weighted by atomic mass is 9.70. The van der Waals surface area contributed by atoms with Gasteiger partial charge in [0.05, 0.1) is 25.9 Å². The Labute approximate surface area is 243 Å². The van der Waals surface area contributed by atoms with E-state index in [1.165, 1.54) is 12.0 Å². The lowest BCUT2D eigenvalue weighted by molar-refractivity contribution is -0.0677. The summed E-state index contributed by atoms with van der Waals surface area (Å²) in [6, 6.07) is 17.9. The van der Waals surface area contributed by atoms with Gasteiger partial charge in [0.15, 0.2) is 17.3 Å². The second-order valence-electron chi connectivity index (χ2n) is 10.7. The fourth-order valence-electron chi connectivity index (χ4n) is 5.76. The monoisotopic (exact) mass is 574 g/mol. The van der Waals surface area contributed by atoms with Gasteiger partial charge in [-0.3, -0.25) is 9.59 Å². The van der Waals surface area contributed by atoms with Crippen molar-refractivity contribution in [3.05, 3.63) is 94.6 Å². The number of nitrogens with zero attached hydrogens (tertiary/aromatic N) is 2. The lowest BCUT2D eigenvalue weighted by Crippen LogP contribution is -2.58. The maximum atomic E-state index is 15.0. The van der Waals surface area contributed by atoms with E-state index >= 15 is 4.39 Å². The van der Waals surface area contributed by atoms with Crippen molar-refractivity contribution in [2.75, 3.05) is 40.4 Å². The molecule has 2 amide bonds. The third-order valence-corrected chi connectivity index (χ3v) is 8.26. The average Bonchev–Trinajstić information content (AvgIpc) is 3.02. The second kappa shape index (κ2) is 12.2. The number of likely N-dealkylation sites (tertiary alicyclic amines) is 2. The number of amides is 2. The number of piperidine rings is 2. The molecular formula is C33H32F2N2O5. The van der Waals surface area contributed by atoms with Gasteiger partial charge in [0, 0.05) is 48.3 Å². The molecule has 7 nitrogen and oxygen atoms in total. The van der Waals surface area contributed by atoms with Gasteiger partial charge >= 0.3 is 0 Å². The van der Waals surface area contributed by atoms with Gasteiger partial charge in [0.2, 0.25) is 5.82 Å². The molecule has 1 spiro atoms. The Kier molecular flexibility index (Phi) is 8.46. The number of aliphatic hydroxyl groups excluding tert-OH is 1. The van der Waals surface area contributed by atoms with Crippen LogP contribution in [0.4, 0.5) is 8.78 Å². The first kappa shape index (κ1) is 29.1. The van der Waals surface area contributed by atoms with Gasteiger partial charge in [0.25, 0.3) is 11.8 Å². The summed E-state index contributed by atoms with van der Waals surface area (Å²) in [6.07, 6.45) is 0.581. The van der Waals surface area contributed by atoms with E-state index in [1.54, 1.807) is 17.0 Å². The number of hydrogen-bond acceptors (Lipinski definition) is 5. The van der Waals surface area contributed by atoms with Gasteiger partial charge in [-0.25, -0.2) is 4.39 Å². The van der Waals surface area contributed by atoms with Crippen LogP contribution >= 0.6 is 0 Å². The highest BCUT2D eigenvalue weighted by Gasteiger charge is 2.47. The SMILES string of the molecule is COc1cc(C(=O)N2CCC(O)C3(CCN(C(=O)c4ccc(C#Cc5ccccc5)cc4)CC3)C2)c(F)c(OC)c1F. The Hall–Kier alpha value is -4.42. The Morgan fingerprint density at radius 3 is 2.12 bits per heavy atom. The van der Waals surface area contributed by atoms with Gasteiger partial charge in [-0.05, 0) is 61.7 Å². The first-order chi connectivity index (χ1) is 20.3. The van der Waals surface area contributed by atoms with E-state index in [0.29, 0.717) is 37.9 Å². The molecular weight excluding hydrogens is 542 g/mol. The summed E-state index contributed by atoms with van der Waals surface area (Å²) in [4.78, 5) is 29.9. The number of ether oxygens (including phenoxy) is 2. The van der Waals surface area contributed by atoms with Crippen LogP contribution in [0.25, 0.3) is 0 Å². The topological polar surface area (TPSA) is 79.3 Å². The normalized spacial score (nSPS) is 17.8. The number of carbonyl (C=O) groups excluding carboxylic acids is 2. The van der Waals surface area contributed by atoms with Crippen molar-refractivity contribution in [1.82, 2.24) is 9.80 Å². The van der Waals surface area contributed by atoms with E-state index in [4.69, 9.17) is 9.47 Å². The first-order valence-corrected chi connectivity index (χ1v) is 13.8. The van der Waals surface area contributed by atoms with Crippen molar-refractivity contribution in [2.45, 2.75) is 25.4 Å². The van der Waals surface area contributed by atoms with E-state index in [2.05, 4.69) is 11.8 Å². The fourth-order valence-corrected chi connectivity index (χ4v) is 5.76.